The van der Waals surface area contributed by atoms with Gasteiger partial charge in [-0.1, -0.05) is 0 Å². The van der Waals surface area contributed by atoms with Crippen LogP contribution < -0.4 is 5.32 Å². The van der Waals surface area contributed by atoms with Crippen LogP contribution in [0, 0.1) is 0 Å². The van der Waals surface area contributed by atoms with Crippen LogP contribution >= 0.6 is 0 Å². The lowest BCUT2D eigenvalue weighted by Gasteiger charge is -2.44. The smallest absolute Gasteiger partial charge is 0.216 e. The summed E-state index contributed by atoms with van der Waals surface area (Å²) < 4.78 is 5.16. The summed E-state index contributed by atoms with van der Waals surface area (Å²) in [5.74, 6) is -0.206. The molecule has 1 saturated heterocycles. The van der Waals surface area contributed by atoms with Gasteiger partial charge in [-0.05, 0) is 13.3 Å². The Bertz CT molecular complexity index is 260. The normalized spacial score (nSPS) is 39.4. The molecule has 0 aromatic carbocycles. The maximum atomic E-state index is 10.7. The molecule has 0 saturated carbocycles. The molecule has 6 nitrogen and oxygen atoms in total. The molecular formula is C10H19NO5. The molecule has 0 aromatic rings. The van der Waals surface area contributed by atoms with Gasteiger partial charge in [0.2, 0.25) is 5.91 Å². The first-order chi connectivity index (χ1) is 7.38. The Labute approximate surface area is 94.2 Å². The molecule has 4 N–H and O–H groups in total. The Kier molecular flexibility index (Phi) is 4.26. The first-order valence-corrected chi connectivity index (χ1v) is 5.32. The molecule has 1 aliphatic rings. The third kappa shape index (κ3) is 2.70. The van der Waals surface area contributed by atoms with Gasteiger partial charge in [-0.3, -0.25) is 4.79 Å². The number of ether oxygens (including phenoxy) is 1. The molecule has 1 fully saturated rings. The van der Waals surface area contributed by atoms with Crippen molar-refractivity contribution in [3.05, 3.63) is 0 Å². The highest BCUT2D eigenvalue weighted by molar-refractivity contribution is 5.72. The molecular weight excluding hydrogens is 214 g/mol. The Morgan fingerprint density at radius 1 is 1.56 bits per heavy atom. The Morgan fingerprint density at radius 3 is 2.75 bits per heavy atom. The van der Waals surface area contributed by atoms with Crippen molar-refractivity contribution in [2.24, 2.45) is 0 Å². The molecule has 1 aliphatic heterocycles. The lowest BCUT2D eigenvalue weighted by Crippen LogP contribution is -2.62. The van der Waals surface area contributed by atoms with E-state index >= 15 is 0 Å². The topological polar surface area (TPSA) is 99.0 Å². The number of aliphatic hydroxyl groups is 3. The maximum Gasteiger partial charge on any atom is 0.216 e. The summed E-state index contributed by atoms with van der Waals surface area (Å²) in [4.78, 5) is 10.7. The number of carbonyl (C=O) groups excluding carboxylic acids is 1. The van der Waals surface area contributed by atoms with Crippen molar-refractivity contribution in [1.29, 1.82) is 0 Å². The van der Waals surface area contributed by atoms with Crippen LogP contribution in [-0.4, -0.2) is 58.3 Å². The quantitative estimate of drug-likeness (QED) is 0.470. The van der Waals surface area contributed by atoms with Crippen molar-refractivity contribution in [1.82, 2.24) is 5.32 Å². The summed E-state index contributed by atoms with van der Waals surface area (Å²) in [6.07, 6.45) is -2.81. The molecule has 2 unspecified atom stereocenters. The van der Waals surface area contributed by atoms with Crippen LogP contribution in [0.15, 0.2) is 0 Å². The second-order valence-electron chi connectivity index (χ2n) is 4.21. The van der Waals surface area contributed by atoms with Crippen LogP contribution in [0.3, 0.4) is 0 Å². The van der Waals surface area contributed by atoms with Gasteiger partial charge in [-0.15, -0.1) is 0 Å². The highest BCUT2D eigenvalue weighted by Gasteiger charge is 2.48. The molecule has 16 heavy (non-hydrogen) atoms. The van der Waals surface area contributed by atoms with Gasteiger partial charge in [0.1, 0.15) is 17.8 Å². The summed E-state index contributed by atoms with van der Waals surface area (Å²) in [6.45, 7) is 3.23. The standard InChI is InChI=1S/C10H19NO5/c1-6-10(15,3-4-11-7(2)12)9(14)8(13)5-16-6/h6,8-9,13-15H,3-5H2,1-2H3,(H,11,12)/t6?,8-,9?,10+/m0/s1. The fourth-order valence-electron chi connectivity index (χ4n) is 1.84. The zero-order valence-corrected chi connectivity index (χ0v) is 9.51. The van der Waals surface area contributed by atoms with Crippen LogP contribution in [0.25, 0.3) is 0 Å². The molecule has 0 aliphatic carbocycles. The number of aliphatic hydroxyl groups excluding tert-OH is 2. The molecule has 1 heterocycles. The fraction of sp³-hybridized carbons (Fsp3) is 0.900. The monoisotopic (exact) mass is 233 g/mol. The molecule has 1 rings (SSSR count). The minimum Gasteiger partial charge on any atom is -0.388 e. The fourth-order valence-corrected chi connectivity index (χ4v) is 1.84. The van der Waals surface area contributed by atoms with E-state index in [1.165, 1.54) is 6.92 Å². The minimum absolute atomic E-state index is 0.00474. The Balaban J connectivity index is 2.59. The van der Waals surface area contributed by atoms with Crippen LogP contribution in [0.4, 0.5) is 0 Å². The van der Waals surface area contributed by atoms with E-state index in [-0.39, 0.29) is 25.5 Å². The van der Waals surface area contributed by atoms with E-state index in [1.54, 1.807) is 6.92 Å². The number of rotatable bonds is 3. The predicted molar refractivity (Wildman–Crippen MR) is 55.7 cm³/mol. The third-order valence-corrected chi connectivity index (χ3v) is 3.00. The van der Waals surface area contributed by atoms with Crippen molar-refractivity contribution in [3.8, 4) is 0 Å². The zero-order valence-electron chi connectivity index (χ0n) is 9.51. The largest absolute Gasteiger partial charge is 0.388 e. The SMILES string of the molecule is CC(=O)NCC[C@@]1(O)C(C)OC[C@H](O)C1O. The van der Waals surface area contributed by atoms with Gasteiger partial charge in [0, 0.05) is 13.5 Å². The lowest BCUT2D eigenvalue weighted by atomic mass is 9.82. The molecule has 0 radical (unpaired) electrons. The number of hydrogen-bond acceptors (Lipinski definition) is 5. The van der Waals surface area contributed by atoms with Gasteiger partial charge in [0.15, 0.2) is 0 Å². The van der Waals surface area contributed by atoms with Gasteiger partial charge in [-0.2, -0.15) is 0 Å². The van der Waals surface area contributed by atoms with Crippen molar-refractivity contribution in [2.45, 2.75) is 44.2 Å². The van der Waals surface area contributed by atoms with Crippen molar-refractivity contribution < 1.29 is 24.9 Å². The first kappa shape index (κ1) is 13.4. The van der Waals surface area contributed by atoms with E-state index in [0.29, 0.717) is 0 Å². The van der Waals surface area contributed by atoms with Gasteiger partial charge in [0.25, 0.3) is 0 Å². The van der Waals surface area contributed by atoms with E-state index < -0.39 is 23.9 Å². The van der Waals surface area contributed by atoms with Gasteiger partial charge < -0.3 is 25.4 Å². The molecule has 1 amide bonds. The Morgan fingerprint density at radius 2 is 2.19 bits per heavy atom. The van der Waals surface area contributed by atoms with Crippen LogP contribution in [-0.2, 0) is 9.53 Å². The van der Waals surface area contributed by atoms with Gasteiger partial charge in [0.05, 0.1) is 12.7 Å². The number of hydrogen-bond donors (Lipinski definition) is 4. The predicted octanol–water partition coefficient (Wildman–Crippen LogP) is -1.62. The third-order valence-electron chi connectivity index (χ3n) is 3.00. The summed E-state index contributed by atoms with van der Waals surface area (Å²) in [7, 11) is 0. The second kappa shape index (κ2) is 5.09. The Hall–Kier alpha value is -0.690. The number of amides is 1. The molecule has 0 bridgehead atoms. The van der Waals surface area contributed by atoms with Crippen LogP contribution in [0.1, 0.15) is 20.3 Å². The summed E-state index contributed by atoms with van der Waals surface area (Å²) in [5.41, 5.74) is -1.53. The maximum absolute atomic E-state index is 10.7. The van der Waals surface area contributed by atoms with Gasteiger partial charge >= 0.3 is 0 Å². The molecule has 0 spiro atoms. The summed E-state index contributed by atoms with van der Waals surface area (Å²) >= 11 is 0. The number of nitrogens with one attached hydrogen (secondary N) is 1. The van der Waals surface area contributed by atoms with Crippen LogP contribution in [0.5, 0.6) is 0 Å². The van der Waals surface area contributed by atoms with Crippen molar-refractivity contribution in [3.63, 3.8) is 0 Å². The molecule has 0 aromatic heterocycles. The average Bonchev–Trinajstić information content (AvgIpc) is 2.21. The highest BCUT2D eigenvalue weighted by Crippen LogP contribution is 2.29. The highest BCUT2D eigenvalue weighted by atomic mass is 16.5. The summed E-state index contributed by atoms with van der Waals surface area (Å²) in [6, 6.07) is 0. The van der Waals surface area contributed by atoms with Gasteiger partial charge in [-0.25, -0.2) is 0 Å². The second-order valence-corrected chi connectivity index (χ2v) is 4.21. The molecule has 94 valence electrons. The van der Waals surface area contributed by atoms with Crippen molar-refractivity contribution in [2.75, 3.05) is 13.2 Å². The first-order valence-electron chi connectivity index (χ1n) is 5.32. The van der Waals surface area contributed by atoms with E-state index in [0.717, 1.165) is 0 Å². The lowest BCUT2D eigenvalue weighted by molar-refractivity contribution is -0.239. The van der Waals surface area contributed by atoms with E-state index in [9.17, 15) is 20.1 Å². The average molecular weight is 233 g/mol. The van der Waals surface area contributed by atoms with Crippen molar-refractivity contribution >= 4 is 5.91 Å². The zero-order chi connectivity index (χ0) is 12.3. The number of carbonyl (C=O) groups is 1. The molecule has 6 heteroatoms. The van der Waals surface area contributed by atoms with E-state index in [4.69, 9.17) is 4.74 Å². The van der Waals surface area contributed by atoms with E-state index in [2.05, 4.69) is 5.32 Å². The minimum atomic E-state index is -1.53. The van der Waals surface area contributed by atoms with Crippen LogP contribution in [0.2, 0.25) is 0 Å². The molecule has 4 atom stereocenters. The summed E-state index contributed by atoms with van der Waals surface area (Å²) in [5, 5.41) is 31.9. The van der Waals surface area contributed by atoms with E-state index in [1.807, 2.05) is 0 Å².